The fourth-order valence-corrected chi connectivity index (χ4v) is 14.1. The van der Waals surface area contributed by atoms with Gasteiger partial charge in [-0.15, -0.1) is 0 Å². The first-order valence-electron chi connectivity index (χ1n) is 43.2. The van der Waals surface area contributed by atoms with E-state index in [1.54, 1.807) is 6.08 Å². The summed E-state index contributed by atoms with van der Waals surface area (Å²) in [5, 5.41) is 87.8. The third-order valence-corrected chi connectivity index (χ3v) is 20.9. The van der Waals surface area contributed by atoms with E-state index in [1.807, 2.05) is 6.08 Å². The summed E-state index contributed by atoms with van der Waals surface area (Å²) in [4.78, 5) is 13.4. The Labute approximate surface area is 625 Å². The summed E-state index contributed by atoms with van der Waals surface area (Å²) < 4.78 is 23.0. The van der Waals surface area contributed by atoms with E-state index in [4.69, 9.17) is 18.9 Å². The molecular formula is C88H161NO13. The number of carbonyl (C=O) groups excluding carboxylic acids is 1. The number of aliphatic hydroxyl groups excluding tert-OH is 8. The standard InChI is InChI=1S/C88H161NO13/c1-3-5-7-9-11-13-15-17-19-21-23-25-27-29-31-33-35-37-38-40-42-44-46-48-50-52-54-56-58-60-62-64-66-68-70-72-80(93)89-76(75-99-87-85(98)83(96)86(79(74-91)101-87)102-88-84(97)82(95)81(94)78(73-90)100-88)77(92)71-69-67-65-63-61-59-57-55-53-51-49-47-45-43-41-39-36-34-32-30-28-26-24-22-20-18-16-14-12-10-8-6-4-2/h5,7,11,13,17,19,23,25,29,31,69,71,76-79,81-88,90-92,94-98H,3-4,6,8-10,12,14-16,18,20-22,24,26-28,30,32-68,70,72-75H2,1-2H3,(H,89,93)/b7-5-,13-11-,19-17-,25-23-,31-29-,71-69+. The van der Waals surface area contributed by atoms with Gasteiger partial charge in [0, 0.05) is 6.42 Å². The van der Waals surface area contributed by atoms with Gasteiger partial charge in [0.1, 0.15) is 48.8 Å². The van der Waals surface area contributed by atoms with Crippen molar-refractivity contribution in [2.24, 2.45) is 0 Å². The van der Waals surface area contributed by atoms with Crippen molar-refractivity contribution in [1.82, 2.24) is 5.32 Å². The van der Waals surface area contributed by atoms with Gasteiger partial charge in [-0.2, -0.15) is 0 Å². The van der Waals surface area contributed by atoms with Gasteiger partial charge in [0.2, 0.25) is 5.91 Å². The van der Waals surface area contributed by atoms with E-state index in [1.165, 1.54) is 289 Å². The predicted molar refractivity (Wildman–Crippen MR) is 424 cm³/mol. The number of hydrogen-bond donors (Lipinski definition) is 9. The molecule has 0 aromatic heterocycles. The van der Waals surface area contributed by atoms with Crippen LogP contribution in [-0.2, 0) is 23.7 Å². The van der Waals surface area contributed by atoms with E-state index < -0.39 is 86.8 Å². The number of amides is 1. The Hall–Kier alpha value is -2.57. The number of carbonyl (C=O) groups is 1. The highest BCUT2D eigenvalue weighted by Gasteiger charge is 2.51. The van der Waals surface area contributed by atoms with Crippen molar-refractivity contribution in [3.63, 3.8) is 0 Å². The van der Waals surface area contributed by atoms with Gasteiger partial charge < -0.3 is 65.1 Å². The minimum Gasteiger partial charge on any atom is -0.394 e. The maximum atomic E-state index is 13.4. The Morgan fingerprint density at radius 2 is 0.676 bits per heavy atom. The lowest BCUT2D eigenvalue weighted by Crippen LogP contribution is -2.65. The second kappa shape index (κ2) is 71.4. The van der Waals surface area contributed by atoms with Crippen molar-refractivity contribution >= 4 is 5.91 Å². The number of unbranched alkanes of at least 4 members (excludes halogenated alkanes) is 50. The van der Waals surface area contributed by atoms with Gasteiger partial charge in [-0.25, -0.2) is 0 Å². The molecule has 0 aliphatic carbocycles. The lowest BCUT2D eigenvalue weighted by molar-refractivity contribution is -0.359. The highest BCUT2D eigenvalue weighted by molar-refractivity contribution is 5.76. The zero-order valence-corrected chi connectivity index (χ0v) is 65.6. The van der Waals surface area contributed by atoms with Crippen molar-refractivity contribution < 1.29 is 64.6 Å². The van der Waals surface area contributed by atoms with Gasteiger partial charge >= 0.3 is 0 Å². The third kappa shape index (κ3) is 53.3. The number of ether oxygens (including phenoxy) is 4. The number of allylic oxidation sites excluding steroid dienone is 11. The van der Waals surface area contributed by atoms with Gasteiger partial charge in [-0.05, 0) is 64.2 Å². The van der Waals surface area contributed by atoms with E-state index in [-0.39, 0.29) is 18.9 Å². The van der Waals surface area contributed by atoms with Gasteiger partial charge in [0.25, 0.3) is 0 Å². The molecule has 2 aliphatic rings. The summed E-state index contributed by atoms with van der Waals surface area (Å²) in [5.74, 6) is -0.233. The van der Waals surface area contributed by atoms with E-state index >= 15 is 0 Å². The molecule has 0 radical (unpaired) electrons. The number of nitrogens with one attached hydrogen (secondary N) is 1. The van der Waals surface area contributed by atoms with E-state index in [9.17, 15) is 45.6 Å². The molecule has 0 aromatic rings. The molecule has 2 heterocycles. The van der Waals surface area contributed by atoms with Crippen molar-refractivity contribution in [2.75, 3.05) is 19.8 Å². The molecule has 2 rings (SSSR count). The molecule has 0 spiro atoms. The minimum atomic E-state index is -1.79. The van der Waals surface area contributed by atoms with Crippen molar-refractivity contribution in [2.45, 2.75) is 460 Å². The monoisotopic (exact) mass is 1440 g/mol. The maximum absolute atomic E-state index is 13.4. The lowest BCUT2D eigenvalue weighted by Gasteiger charge is -2.46. The van der Waals surface area contributed by atoms with E-state index in [0.717, 1.165) is 70.6 Å². The molecule has 2 aliphatic heterocycles. The van der Waals surface area contributed by atoms with Crippen LogP contribution < -0.4 is 5.32 Å². The van der Waals surface area contributed by atoms with Crippen LogP contribution in [0.2, 0.25) is 0 Å². The highest BCUT2D eigenvalue weighted by atomic mass is 16.7. The molecule has 14 heteroatoms. The van der Waals surface area contributed by atoms with Crippen LogP contribution in [0.15, 0.2) is 72.9 Å². The van der Waals surface area contributed by atoms with Crippen molar-refractivity contribution in [3.05, 3.63) is 72.9 Å². The SMILES string of the molecule is CC/C=C\C/C=C\C/C=C\C/C=C\C/C=C\CCCCCCCCCCCCCCCCCCCCCC(=O)NC(COC1OC(CO)C(OC2OC(CO)C(O)C(O)C2O)C(O)C1O)C(O)/C=C/CCCCCCCCCCCCCCCCCCCCCCCCCCCCCCCCC. The lowest BCUT2D eigenvalue weighted by atomic mass is 9.97. The Morgan fingerprint density at radius 1 is 0.363 bits per heavy atom. The quantitative estimate of drug-likeness (QED) is 0.0204. The first kappa shape index (κ1) is 95.5. The summed E-state index contributed by atoms with van der Waals surface area (Å²) >= 11 is 0. The molecule has 102 heavy (non-hydrogen) atoms. The Bertz CT molecular complexity index is 1990. The molecule has 12 unspecified atom stereocenters. The molecule has 0 bridgehead atoms. The fraction of sp³-hybridized carbons (Fsp3) is 0.852. The topological polar surface area (TPSA) is 228 Å². The molecule has 2 saturated heterocycles. The van der Waals surface area contributed by atoms with Gasteiger partial charge in [0.05, 0.1) is 32.0 Å². The first-order valence-corrected chi connectivity index (χ1v) is 43.2. The summed E-state index contributed by atoms with van der Waals surface area (Å²) in [7, 11) is 0. The van der Waals surface area contributed by atoms with Crippen LogP contribution in [0.25, 0.3) is 0 Å². The van der Waals surface area contributed by atoms with Gasteiger partial charge in [0.15, 0.2) is 12.6 Å². The zero-order valence-electron chi connectivity index (χ0n) is 65.6. The third-order valence-electron chi connectivity index (χ3n) is 20.9. The van der Waals surface area contributed by atoms with Crippen LogP contribution >= 0.6 is 0 Å². The van der Waals surface area contributed by atoms with Crippen LogP contribution in [0.4, 0.5) is 0 Å². The maximum Gasteiger partial charge on any atom is 0.220 e. The molecule has 2 fully saturated rings. The summed E-state index contributed by atoms with van der Waals surface area (Å²) in [5.41, 5.74) is 0. The normalized spacial score (nSPS) is 22.0. The van der Waals surface area contributed by atoms with Crippen molar-refractivity contribution in [1.29, 1.82) is 0 Å². The number of aliphatic hydroxyl groups is 8. The van der Waals surface area contributed by atoms with Crippen LogP contribution in [0, 0.1) is 0 Å². The average Bonchev–Trinajstić information content (AvgIpc) is 0.790. The average molecular weight is 1440 g/mol. The molecule has 0 aromatic carbocycles. The van der Waals surface area contributed by atoms with Gasteiger partial charge in [-0.3, -0.25) is 4.79 Å². The second-order valence-electron chi connectivity index (χ2n) is 30.3. The van der Waals surface area contributed by atoms with Crippen LogP contribution in [-0.4, -0.2) is 140 Å². The molecular weight excluding hydrogens is 1280 g/mol. The second-order valence-corrected chi connectivity index (χ2v) is 30.3. The highest BCUT2D eigenvalue weighted by Crippen LogP contribution is 2.30. The largest absolute Gasteiger partial charge is 0.394 e. The molecule has 596 valence electrons. The summed E-state index contributed by atoms with van der Waals surface area (Å²) in [6, 6.07) is -0.919. The van der Waals surface area contributed by atoms with Crippen molar-refractivity contribution in [3.8, 4) is 0 Å². The molecule has 12 atom stereocenters. The van der Waals surface area contributed by atoms with E-state index in [2.05, 4.69) is 79.9 Å². The summed E-state index contributed by atoms with van der Waals surface area (Å²) in [6.45, 7) is 2.75. The molecule has 0 saturated carbocycles. The van der Waals surface area contributed by atoms with Crippen LogP contribution in [0.1, 0.15) is 386 Å². The first-order chi connectivity index (χ1) is 50.1. The smallest absolute Gasteiger partial charge is 0.220 e. The zero-order chi connectivity index (χ0) is 73.7. The fourth-order valence-electron chi connectivity index (χ4n) is 14.1. The number of rotatable bonds is 73. The Morgan fingerprint density at radius 3 is 1.04 bits per heavy atom. The van der Waals surface area contributed by atoms with Crippen LogP contribution in [0.5, 0.6) is 0 Å². The predicted octanol–water partition coefficient (Wildman–Crippen LogP) is 20.5. The molecule has 9 N–H and O–H groups in total. The Kier molecular flexibility index (Phi) is 66.8. The van der Waals surface area contributed by atoms with E-state index in [0.29, 0.717) is 6.42 Å². The molecule has 1 amide bonds. The number of hydrogen-bond acceptors (Lipinski definition) is 13. The van der Waals surface area contributed by atoms with Gasteiger partial charge in [-0.1, -0.05) is 389 Å². The minimum absolute atomic E-state index is 0.233. The van der Waals surface area contributed by atoms with Crippen LogP contribution in [0.3, 0.4) is 0 Å². The summed E-state index contributed by atoms with van der Waals surface area (Å²) in [6.07, 6.45) is 82.9. The molecule has 14 nitrogen and oxygen atoms in total. The Balaban J connectivity index is 1.58.